The van der Waals surface area contributed by atoms with Crippen LogP contribution in [0.5, 0.6) is 0 Å². The highest BCUT2D eigenvalue weighted by atomic mass is 79.9. The fraction of sp³-hybridized carbons (Fsp3) is 0.556. The van der Waals surface area contributed by atoms with Gasteiger partial charge in [-0.3, -0.25) is 4.79 Å². The highest BCUT2D eigenvalue weighted by Gasteiger charge is 2.12. The zero-order valence-corrected chi connectivity index (χ0v) is 9.84. The first-order valence-corrected chi connectivity index (χ1v) is 5.27. The molecule has 0 atom stereocenters. The summed E-state index contributed by atoms with van der Waals surface area (Å²) in [6.07, 6.45) is 1.50. The molecule has 4 nitrogen and oxygen atoms in total. The molecular formula is C9H13BrN2O2. The van der Waals surface area contributed by atoms with Crippen molar-refractivity contribution < 1.29 is 9.90 Å². The lowest BCUT2D eigenvalue weighted by Crippen LogP contribution is -2.04. The van der Waals surface area contributed by atoms with Gasteiger partial charge in [0.1, 0.15) is 10.4 Å². The molecule has 5 heteroatoms. The third-order valence-corrected chi connectivity index (χ3v) is 2.78. The Morgan fingerprint density at radius 1 is 1.64 bits per heavy atom. The van der Waals surface area contributed by atoms with Gasteiger partial charge in [-0.1, -0.05) is 6.92 Å². The fourth-order valence-electron chi connectivity index (χ4n) is 1.36. The number of carbonyl (C=O) groups is 1. The van der Waals surface area contributed by atoms with Crippen molar-refractivity contribution in [3.8, 4) is 0 Å². The minimum absolute atomic E-state index is 0.140. The van der Waals surface area contributed by atoms with E-state index in [4.69, 9.17) is 5.11 Å². The summed E-state index contributed by atoms with van der Waals surface area (Å²) < 4.78 is 2.71. The van der Waals surface area contributed by atoms with Gasteiger partial charge in [0.25, 0.3) is 0 Å². The SMILES string of the molecule is CCc1nc(Br)c(CCC(=O)O)n1C. The number of aliphatic carboxylic acids is 1. The van der Waals surface area contributed by atoms with E-state index in [0.717, 1.165) is 22.5 Å². The van der Waals surface area contributed by atoms with Crippen molar-refractivity contribution in [3.05, 3.63) is 16.1 Å². The Balaban J connectivity index is 2.85. The molecule has 0 aromatic carbocycles. The second-order valence-electron chi connectivity index (χ2n) is 3.07. The summed E-state index contributed by atoms with van der Waals surface area (Å²) in [5, 5.41) is 8.58. The largest absolute Gasteiger partial charge is 0.481 e. The average Bonchev–Trinajstić information content (AvgIpc) is 2.39. The maximum absolute atomic E-state index is 10.4. The normalized spacial score (nSPS) is 10.5. The summed E-state index contributed by atoms with van der Waals surface area (Å²) in [6.45, 7) is 2.02. The van der Waals surface area contributed by atoms with Gasteiger partial charge >= 0.3 is 5.97 Å². The van der Waals surface area contributed by atoms with E-state index in [1.54, 1.807) is 0 Å². The van der Waals surface area contributed by atoms with Crippen molar-refractivity contribution in [1.82, 2.24) is 9.55 Å². The molecule has 0 saturated carbocycles. The Hall–Kier alpha value is -0.840. The summed E-state index contributed by atoms with van der Waals surface area (Å²) in [6, 6.07) is 0. The number of rotatable bonds is 4. The zero-order chi connectivity index (χ0) is 10.7. The number of aryl methyl sites for hydroxylation is 1. The first kappa shape index (κ1) is 11.2. The van der Waals surface area contributed by atoms with Gasteiger partial charge in [-0.25, -0.2) is 4.98 Å². The standard InChI is InChI=1S/C9H13BrN2O2/c1-3-7-11-9(10)6(12(7)2)4-5-8(13)14/h3-5H2,1-2H3,(H,13,14). The first-order chi connectivity index (χ1) is 6.56. The number of aromatic nitrogens is 2. The Kier molecular flexibility index (Phi) is 3.69. The molecule has 0 spiro atoms. The highest BCUT2D eigenvalue weighted by Crippen LogP contribution is 2.18. The van der Waals surface area contributed by atoms with Crippen LogP contribution in [-0.4, -0.2) is 20.6 Å². The van der Waals surface area contributed by atoms with E-state index in [9.17, 15) is 4.79 Å². The number of halogens is 1. The molecule has 0 aliphatic rings. The van der Waals surface area contributed by atoms with E-state index >= 15 is 0 Å². The van der Waals surface area contributed by atoms with Gasteiger partial charge in [0.2, 0.25) is 0 Å². The summed E-state index contributed by atoms with van der Waals surface area (Å²) in [7, 11) is 1.91. The van der Waals surface area contributed by atoms with Crippen molar-refractivity contribution in [2.24, 2.45) is 7.05 Å². The number of imidazole rings is 1. The van der Waals surface area contributed by atoms with Crippen LogP contribution in [0, 0.1) is 0 Å². The Labute approximate surface area is 91.1 Å². The maximum Gasteiger partial charge on any atom is 0.303 e. The number of hydrogen-bond donors (Lipinski definition) is 1. The minimum atomic E-state index is -0.781. The van der Waals surface area contributed by atoms with Crippen LogP contribution in [-0.2, 0) is 24.7 Å². The van der Waals surface area contributed by atoms with Crippen molar-refractivity contribution >= 4 is 21.9 Å². The van der Waals surface area contributed by atoms with Gasteiger partial charge in [0.15, 0.2) is 0 Å². The van der Waals surface area contributed by atoms with Crippen LogP contribution in [0.1, 0.15) is 24.9 Å². The van der Waals surface area contributed by atoms with Crippen molar-refractivity contribution in [3.63, 3.8) is 0 Å². The maximum atomic E-state index is 10.4. The number of carboxylic acids is 1. The van der Waals surface area contributed by atoms with E-state index in [1.165, 1.54) is 0 Å². The number of carboxylic acid groups (broad SMARTS) is 1. The summed E-state index contributed by atoms with van der Waals surface area (Å²) in [4.78, 5) is 14.7. The van der Waals surface area contributed by atoms with Crippen LogP contribution >= 0.6 is 15.9 Å². The molecule has 0 aliphatic carbocycles. The van der Waals surface area contributed by atoms with Gasteiger partial charge in [0.05, 0.1) is 12.1 Å². The van der Waals surface area contributed by atoms with Gasteiger partial charge < -0.3 is 9.67 Å². The molecule has 0 bridgehead atoms. The Bertz CT molecular complexity index is 347. The number of hydrogen-bond acceptors (Lipinski definition) is 2. The first-order valence-electron chi connectivity index (χ1n) is 4.48. The Morgan fingerprint density at radius 2 is 2.29 bits per heavy atom. The molecule has 1 aromatic rings. The molecule has 0 saturated heterocycles. The minimum Gasteiger partial charge on any atom is -0.481 e. The second-order valence-corrected chi connectivity index (χ2v) is 3.82. The third-order valence-electron chi connectivity index (χ3n) is 2.15. The van der Waals surface area contributed by atoms with Crippen LogP contribution in [0.3, 0.4) is 0 Å². The lowest BCUT2D eigenvalue weighted by atomic mass is 10.2. The molecule has 14 heavy (non-hydrogen) atoms. The van der Waals surface area contributed by atoms with Gasteiger partial charge in [-0.2, -0.15) is 0 Å². The van der Waals surface area contributed by atoms with Crippen LogP contribution in [0.25, 0.3) is 0 Å². The molecule has 78 valence electrons. The van der Waals surface area contributed by atoms with E-state index in [-0.39, 0.29) is 6.42 Å². The van der Waals surface area contributed by atoms with Gasteiger partial charge in [-0.05, 0) is 15.9 Å². The highest BCUT2D eigenvalue weighted by molar-refractivity contribution is 9.10. The smallest absolute Gasteiger partial charge is 0.303 e. The summed E-state index contributed by atoms with van der Waals surface area (Å²) in [5.41, 5.74) is 0.948. The van der Waals surface area contributed by atoms with Gasteiger partial charge in [0, 0.05) is 19.9 Å². The molecule has 1 aromatic heterocycles. The van der Waals surface area contributed by atoms with Crippen molar-refractivity contribution in [2.75, 3.05) is 0 Å². The van der Waals surface area contributed by atoms with E-state index < -0.39 is 5.97 Å². The topological polar surface area (TPSA) is 55.1 Å². The summed E-state index contributed by atoms with van der Waals surface area (Å²) in [5.74, 6) is 0.188. The lowest BCUT2D eigenvalue weighted by molar-refractivity contribution is -0.136. The van der Waals surface area contributed by atoms with Crippen molar-refractivity contribution in [1.29, 1.82) is 0 Å². The van der Waals surface area contributed by atoms with Gasteiger partial charge in [-0.15, -0.1) is 0 Å². The van der Waals surface area contributed by atoms with Crippen LogP contribution in [0.2, 0.25) is 0 Å². The molecule has 0 amide bonds. The van der Waals surface area contributed by atoms with Crippen LogP contribution in [0.15, 0.2) is 4.60 Å². The average molecular weight is 261 g/mol. The molecule has 1 rings (SSSR count). The molecule has 0 fully saturated rings. The number of nitrogens with zero attached hydrogens (tertiary/aromatic N) is 2. The lowest BCUT2D eigenvalue weighted by Gasteiger charge is -2.02. The molecule has 0 aliphatic heterocycles. The molecule has 0 radical (unpaired) electrons. The van der Waals surface area contributed by atoms with Crippen molar-refractivity contribution in [2.45, 2.75) is 26.2 Å². The van der Waals surface area contributed by atoms with E-state index in [2.05, 4.69) is 20.9 Å². The summed E-state index contributed by atoms with van der Waals surface area (Å²) >= 11 is 3.33. The monoisotopic (exact) mass is 260 g/mol. The van der Waals surface area contributed by atoms with Crippen LogP contribution < -0.4 is 0 Å². The van der Waals surface area contributed by atoms with Crippen LogP contribution in [0.4, 0.5) is 0 Å². The zero-order valence-electron chi connectivity index (χ0n) is 8.25. The Morgan fingerprint density at radius 3 is 2.71 bits per heavy atom. The second kappa shape index (κ2) is 4.59. The molecule has 1 N–H and O–H groups in total. The van der Waals surface area contributed by atoms with E-state index in [0.29, 0.717) is 6.42 Å². The molecular weight excluding hydrogens is 248 g/mol. The van der Waals surface area contributed by atoms with E-state index in [1.807, 2.05) is 18.5 Å². The molecule has 0 unspecified atom stereocenters. The fourth-order valence-corrected chi connectivity index (χ4v) is 2.03. The molecule has 1 heterocycles. The third kappa shape index (κ3) is 2.35. The predicted octanol–water partition coefficient (Wildman–Crippen LogP) is 1.76. The predicted molar refractivity (Wildman–Crippen MR) is 56.2 cm³/mol. The quantitative estimate of drug-likeness (QED) is 0.898.